The van der Waals surface area contributed by atoms with Crippen molar-refractivity contribution in [2.45, 2.75) is 19.4 Å². The zero-order chi connectivity index (χ0) is 14.1. The molecule has 1 atom stereocenters. The Hall–Kier alpha value is -1.75. The summed E-state index contributed by atoms with van der Waals surface area (Å²) in [5, 5.41) is 5.86. The predicted octanol–water partition coefficient (Wildman–Crippen LogP) is 1.19. The minimum absolute atomic E-state index is 0.105. The van der Waals surface area contributed by atoms with Crippen molar-refractivity contribution in [3.63, 3.8) is 0 Å². The van der Waals surface area contributed by atoms with Crippen LogP contribution in [0.25, 0.3) is 0 Å². The molecule has 1 rings (SSSR count). The summed E-state index contributed by atoms with van der Waals surface area (Å²) in [7, 11) is 3.49. The first-order valence-electron chi connectivity index (χ1n) is 6.40. The molecule has 0 aromatic heterocycles. The van der Waals surface area contributed by atoms with E-state index in [2.05, 4.69) is 10.6 Å². The van der Waals surface area contributed by atoms with E-state index in [4.69, 9.17) is 9.47 Å². The molecule has 1 aromatic carbocycles. The highest BCUT2D eigenvalue weighted by atomic mass is 16.5. The second kappa shape index (κ2) is 8.37. The first-order valence-corrected chi connectivity index (χ1v) is 6.40. The Morgan fingerprint density at radius 1 is 1.21 bits per heavy atom. The van der Waals surface area contributed by atoms with Gasteiger partial charge in [0.1, 0.15) is 11.5 Å². The van der Waals surface area contributed by atoms with Crippen LogP contribution in [0.2, 0.25) is 0 Å². The van der Waals surface area contributed by atoms with Gasteiger partial charge in [0.25, 0.3) is 5.91 Å². The molecule has 5 heteroatoms. The van der Waals surface area contributed by atoms with Crippen LogP contribution < -0.4 is 20.1 Å². The molecular weight excluding hydrogens is 244 g/mol. The molecule has 0 radical (unpaired) electrons. The van der Waals surface area contributed by atoms with Gasteiger partial charge in [0, 0.05) is 6.54 Å². The van der Waals surface area contributed by atoms with Gasteiger partial charge in [-0.05, 0) is 51.2 Å². The van der Waals surface area contributed by atoms with Crippen molar-refractivity contribution in [1.29, 1.82) is 0 Å². The Balaban J connectivity index is 2.35. The first-order chi connectivity index (χ1) is 9.17. The highest BCUT2D eigenvalue weighted by molar-refractivity contribution is 5.80. The maximum Gasteiger partial charge on any atom is 0.260 e. The number of carbonyl (C=O) groups excluding carboxylic acids is 1. The number of nitrogens with one attached hydrogen (secondary N) is 2. The molecule has 5 nitrogen and oxygen atoms in total. The molecule has 0 aliphatic carbocycles. The topological polar surface area (TPSA) is 59.6 Å². The molecule has 0 bridgehead atoms. The molecule has 0 heterocycles. The Bertz CT molecular complexity index is 379. The van der Waals surface area contributed by atoms with Crippen LogP contribution in [0.5, 0.6) is 11.5 Å². The van der Waals surface area contributed by atoms with Crippen LogP contribution in [0.3, 0.4) is 0 Å². The molecule has 0 saturated heterocycles. The van der Waals surface area contributed by atoms with Gasteiger partial charge in [-0.2, -0.15) is 0 Å². The summed E-state index contributed by atoms with van der Waals surface area (Å²) in [6, 6.07) is 7.16. The number of carbonyl (C=O) groups is 1. The number of rotatable bonds is 8. The highest BCUT2D eigenvalue weighted by Crippen LogP contribution is 2.18. The van der Waals surface area contributed by atoms with Gasteiger partial charge in [-0.15, -0.1) is 0 Å². The van der Waals surface area contributed by atoms with Crippen molar-refractivity contribution in [1.82, 2.24) is 10.6 Å². The zero-order valence-electron chi connectivity index (χ0n) is 11.7. The second-order valence-electron chi connectivity index (χ2n) is 4.18. The van der Waals surface area contributed by atoms with Crippen LogP contribution in [-0.2, 0) is 4.79 Å². The quantitative estimate of drug-likeness (QED) is 0.694. The van der Waals surface area contributed by atoms with Crippen molar-refractivity contribution >= 4 is 5.91 Å². The van der Waals surface area contributed by atoms with E-state index in [9.17, 15) is 4.79 Å². The van der Waals surface area contributed by atoms with Crippen molar-refractivity contribution in [3.05, 3.63) is 24.3 Å². The molecule has 0 fully saturated rings. The van der Waals surface area contributed by atoms with Gasteiger partial charge in [0.05, 0.1) is 7.11 Å². The zero-order valence-corrected chi connectivity index (χ0v) is 11.7. The third kappa shape index (κ3) is 5.61. The number of benzene rings is 1. The van der Waals surface area contributed by atoms with Gasteiger partial charge in [-0.3, -0.25) is 4.79 Å². The summed E-state index contributed by atoms with van der Waals surface area (Å²) in [5.41, 5.74) is 0. The van der Waals surface area contributed by atoms with Crippen molar-refractivity contribution in [3.8, 4) is 11.5 Å². The third-order valence-electron chi connectivity index (χ3n) is 2.64. The lowest BCUT2D eigenvalue weighted by molar-refractivity contribution is -0.127. The highest BCUT2D eigenvalue weighted by Gasteiger charge is 2.13. The minimum atomic E-state index is -0.511. The summed E-state index contributed by atoms with van der Waals surface area (Å²) in [6.45, 7) is 3.27. The van der Waals surface area contributed by atoms with E-state index in [-0.39, 0.29) is 5.91 Å². The Morgan fingerprint density at radius 3 is 2.42 bits per heavy atom. The molecule has 1 aromatic rings. The summed E-state index contributed by atoms with van der Waals surface area (Å²) in [4.78, 5) is 11.8. The fourth-order valence-corrected chi connectivity index (χ4v) is 1.53. The van der Waals surface area contributed by atoms with Crippen LogP contribution in [0.1, 0.15) is 13.3 Å². The monoisotopic (exact) mass is 266 g/mol. The fourth-order valence-electron chi connectivity index (χ4n) is 1.53. The summed E-state index contributed by atoms with van der Waals surface area (Å²) >= 11 is 0. The average Bonchev–Trinajstić information content (AvgIpc) is 2.44. The normalized spacial score (nSPS) is 11.7. The average molecular weight is 266 g/mol. The van der Waals surface area contributed by atoms with Gasteiger partial charge in [-0.25, -0.2) is 0 Å². The van der Waals surface area contributed by atoms with E-state index in [1.807, 2.05) is 7.05 Å². The van der Waals surface area contributed by atoms with E-state index in [1.54, 1.807) is 38.3 Å². The third-order valence-corrected chi connectivity index (χ3v) is 2.64. The van der Waals surface area contributed by atoms with E-state index < -0.39 is 6.10 Å². The maximum atomic E-state index is 11.8. The molecule has 1 amide bonds. The van der Waals surface area contributed by atoms with Crippen LogP contribution in [-0.4, -0.2) is 39.3 Å². The van der Waals surface area contributed by atoms with Gasteiger partial charge < -0.3 is 20.1 Å². The molecule has 0 aliphatic rings. The van der Waals surface area contributed by atoms with Crippen LogP contribution in [0.15, 0.2) is 24.3 Å². The van der Waals surface area contributed by atoms with E-state index >= 15 is 0 Å². The molecule has 0 saturated carbocycles. The lowest BCUT2D eigenvalue weighted by Gasteiger charge is -2.14. The molecule has 106 valence electrons. The Kier molecular flexibility index (Phi) is 6.74. The standard InChI is InChI=1S/C14H22N2O3/c1-11(14(17)16-10-4-9-15-2)19-13-7-5-12(18-3)6-8-13/h5-8,11,15H,4,9-10H2,1-3H3,(H,16,17). The maximum absolute atomic E-state index is 11.8. The summed E-state index contributed by atoms with van der Waals surface area (Å²) < 4.78 is 10.6. The number of amides is 1. The number of hydrogen-bond donors (Lipinski definition) is 2. The number of hydrogen-bond acceptors (Lipinski definition) is 4. The molecule has 0 spiro atoms. The van der Waals surface area contributed by atoms with Crippen LogP contribution in [0.4, 0.5) is 0 Å². The SMILES string of the molecule is CNCCCNC(=O)C(C)Oc1ccc(OC)cc1. The predicted molar refractivity (Wildman–Crippen MR) is 74.6 cm³/mol. The minimum Gasteiger partial charge on any atom is -0.497 e. The number of ether oxygens (including phenoxy) is 2. The van der Waals surface area contributed by atoms with E-state index in [1.165, 1.54) is 0 Å². The lowest BCUT2D eigenvalue weighted by atomic mass is 10.3. The number of methoxy groups -OCH3 is 1. The van der Waals surface area contributed by atoms with Crippen molar-refractivity contribution in [2.75, 3.05) is 27.2 Å². The van der Waals surface area contributed by atoms with Gasteiger partial charge in [0.15, 0.2) is 6.10 Å². The second-order valence-corrected chi connectivity index (χ2v) is 4.18. The summed E-state index contributed by atoms with van der Waals surface area (Å²) in [5.74, 6) is 1.31. The van der Waals surface area contributed by atoms with Crippen molar-refractivity contribution < 1.29 is 14.3 Å². The van der Waals surface area contributed by atoms with Gasteiger partial charge in [-0.1, -0.05) is 0 Å². The molecule has 1 unspecified atom stereocenters. The lowest BCUT2D eigenvalue weighted by Crippen LogP contribution is -2.37. The van der Waals surface area contributed by atoms with Crippen LogP contribution in [0, 0.1) is 0 Å². The summed E-state index contributed by atoms with van der Waals surface area (Å²) in [6.07, 6.45) is 0.389. The Morgan fingerprint density at radius 2 is 1.84 bits per heavy atom. The molecule has 0 aliphatic heterocycles. The largest absolute Gasteiger partial charge is 0.497 e. The fraction of sp³-hybridized carbons (Fsp3) is 0.500. The Labute approximate surface area is 114 Å². The van der Waals surface area contributed by atoms with Crippen LogP contribution >= 0.6 is 0 Å². The molecular formula is C14H22N2O3. The van der Waals surface area contributed by atoms with Gasteiger partial charge >= 0.3 is 0 Å². The van der Waals surface area contributed by atoms with Gasteiger partial charge in [0.2, 0.25) is 0 Å². The first kappa shape index (κ1) is 15.3. The smallest absolute Gasteiger partial charge is 0.260 e. The molecule has 19 heavy (non-hydrogen) atoms. The van der Waals surface area contributed by atoms with Crippen molar-refractivity contribution in [2.24, 2.45) is 0 Å². The van der Waals surface area contributed by atoms with E-state index in [0.29, 0.717) is 12.3 Å². The molecule has 2 N–H and O–H groups in total. The van der Waals surface area contributed by atoms with E-state index in [0.717, 1.165) is 18.7 Å².